The second-order valence-electron chi connectivity index (χ2n) is 6.76. The highest BCUT2D eigenvalue weighted by Crippen LogP contribution is 2.20. The van der Waals surface area contributed by atoms with Crippen LogP contribution in [0.25, 0.3) is 10.9 Å². The van der Waals surface area contributed by atoms with Gasteiger partial charge in [0.1, 0.15) is 0 Å². The highest BCUT2D eigenvalue weighted by atomic mass is 32.2. The molecule has 0 saturated carbocycles. The van der Waals surface area contributed by atoms with E-state index in [4.69, 9.17) is 0 Å². The Hall–Kier alpha value is -2.11. The van der Waals surface area contributed by atoms with Gasteiger partial charge in [-0.1, -0.05) is 37.1 Å². The molecule has 0 amide bonds. The van der Waals surface area contributed by atoms with E-state index in [-0.39, 0.29) is 0 Å². The Kier molecular flexibility index (Phi) is 5.79. The average molecular weight is 371 g/mol. The third kappa shape index (κ3) is 4.34. The lowest BCUT2D eigenvalue weighted by Crippen LogP contribution is -2.25. The van der Waals surface area contributed by atoms with Crippen molar-refractivity contribution < 1.29 is 8.42 Å². The molecule has 0 atom stereocenters. The Balaban J connectivity index is 1.63. The smallest absolute Gasteiger partial charge is 0.240 e. The van der Waals surface area contributed by atoms with Crippen LogP contribution in [-0.2, 0) is 22.9 Å². The summed E-state index contributed by atoms with van der Waals surface area (Å²) in [4.78, 5) is 3.57. The van der Waals surface area contributed by atoms with Crippen LogP contribution >= 0.6 is 0 Å². The maximum absolute atomic E-state index is 12.5. The maximum atomic E-state index is 12.5. The summed E-state index contributed by atoms with van der Waals surface area (Å²) in [5, 5.41) is 1.16. The summed E-state index contributed by atoms with van der Waals surface area (Å²) >= 11 is 0. The number of aromatic nitrogens is 1. The van der Waals surface area contributed by atoms with E-state index in [0.29, 0.717) is 17.9 Å². The average Bonchev–Trinajstić information content (AvgIpc) is 3.02. The van der Waals surface area contributed by atoms with Crippen molar-refractivity contribution in [2.75, 3.05) is 6.54 Å². The van der Waals surface area contributed by atoms with E-state index in [2.05, 4.69) is 41.8 Å². The van der Waals surface area contributed by atoms with Gasteiger partial charge in [-0.15, -0.1) is 0 Å². The molecular weight excluding hydrogens is 344 g/mol. The summed E-state index contributed by atoms with van der Waals surface area (Å²) in [6.07, 6.45) is 5.85. The fourth-order valence-electron chi connectivity index (χ4n) is 3.12. The Morgan fingerprint density at radius 3 is 2.54 bits per heavy atom. The van der Waals surface area contributed by atoms with E-state index in [1.165, 1.54) is 11.1 Å². The van der Waals surface area contributed by atoms with Crippen LogP contribution in [0.1, 0.15) is 36.5 Å². The van der Waals surface area contributed by atoms with Gasteiger partial charge in [0.25, 0.3) is 0 Å². The zero-order valence-electron chi connectivity index (χ0n) is 15.4. The van der Waals surface area contributed by atoms with Crippen molar-refractivity contribution in [2.24, 2.45) is 0 Å². The number of benzene rings is 2. The summed E-state index contributed by atoms with van der Waals surface area (Å²) in [6, 6.07) is 13.5. The molecule has 0 fully saturated rings. The highest BCUT2D eigenvalue weighted by molar-refractivity contribution is 7.89. The van der Waals surface area contributed by atoms with Gasteiger partial charge in [0.05, 0.1) is 4.90 Å². The van der Waals surface area contributed by atoms with Crippen molar-refractivity contribution in [1.29, 1.82) is 0 Å². The van der Waals surface area contributed by atoms with E-state index >= 15 is 0 Å². The topological polar surface area (TPSA) is 62.0 Å². The Bertz CT molecular complexity index is 973. The molecular formula is C21H26N2O2S. The molecule has 0 aliphatic rings. The summed E-state index contributed by atoms with van der Waals surface area (Å²) < 4.78 is 27.7. The van der Waals surface area contributed by atoms with Crippen molar-refractivity contribution >= 4 is 20.9 Å². The molecule has 138 valence electrons. The maximum Gasteiger partial charge on any atom is 0.240 e. The van der Waals surface area contributed by atoms with E-state index in [1.807, 2.05) is 18.3 Å². The predicted molar refractivity (Wildman–Crippen MR) is 107 cm³/mol. The van der Waals surface area contributed by atoms with Crippen LogP contribution in [0.3, 0.4) is 0 Å². The number of aryl methyl sites for hydroxylation is 2. The number of aromatic amines is 1. The molecule has 2 N–H and O–H groups in total. The lowest BCUT2D eigenvalue weighted by Gasteiger charge is -2.08. The molecule has 0 aliphatic carbocycles. The van der Waals surface area contributed by atoms with E-state index < -0.39 is 10.0 Å². The largest absolute Gasteiger partial charge is 0.361 e. The van der Waals surface area contributed by atoms with Crippen LogP contribution in [0.5, 0.6) is 0 Å². The third-order valence-electron chi connectivity index (χ3n) is 4.66. The van der Waals surface area contributed by atoms with Gasteiger partial charge < -0.3 is 4.98 Å². The lowest BCUT2D eigenvalue weighted by molar-refractivity contribution is 0.581. The van der Waals surface area contributed by atoms with Crippen molar-refractivity contribution in [3.05, 3.63) is 65.4 Å². The second kappa shape index (κ2) is 8.06. The van der Waals surface area contributed by atoms with E-state index in [0.717, 1.165) is 35.7 Å². The molecule has 4 nitrogen and oxygen atoms in total. The van der Waals surface area contributed by atoms with Crippen LogP contribution < -0.4 is 4.72 Å². The molecule has 0 radical (unpaired) electrons. The first kappa shape index (κ1) is 18.7. The number of sulfonamides is 1. The van der Waals surface area contributed by atoms with Gasteiger partial charge in [0, 0.05) is 23.6 Å². The second-order valence-corrected chi connectivity index (χ2v) is 8.53. The molecule has 5 heteroatoms. The molecule has 0 unspecified atom stereocenters. The van der Waals surface area contributed by atoms with Crippen molar-refractivity contribution in [1.82, 2.24) is 9.71 Å². The number of hydrogen-bond acceptors (Lipinski definition) is 2. The first-order chi connectivity index (χ1) is 12.5. The summed E-state index contributed by atoms with van der Waals surface area (Å²) in [5.41, 5.74) is 4.58. The van der Waals surface area contributed by atoms with Gasteiger partial charge in [0.15, 0.2) is 0 Å². The number of rotatable bonds is 8. The summed E-state index contributed by atoms with van der Waals surface area (Å²) in [7, 11) is -3.47. The van der Waals surface area contributed by atoms with Gasteiger partial charge in [-0.25, -0.2) is 13.1 Å². The van der Waals surface area contributed by atoms with Gasteiger partial charge in [-0.05, 0) is 61.6 Å². The minimum atomic E-state index is -3.47. The van der Waals surface area contributed by atoms with Gasteiger partial charge in [0.2, 0.25) is 10.0 Å². The standard InChI is InChI=1S/C21H26N2O2S/c1-3-4-5-17-7-9-19(10-8-17)26(24,25)23-13-12-18-15-22-21-11-6-16(2)14-20(18)21/h6-11,14-15,22-23H,3-5,12-13H2,1-2H3. The van der Waals surface area contributed by atoms with E-state index in [9.17, 15) is 8.42 Å². The van der Waals surface area contributed by atoms with Crippen LogP contribution in [0.15, 0.2) is 53.6 Å². The third-order valence-corrected chi connectivity index (χ3v) is 6.14. The van der Waals surface area contributed by atoms with Crippen molar-refractivity contribution in [3.63, 3.8) is 0 Å². The van der Waals surface area contributed by atoms with E-state index in [1.54, 1.807) is 12.1 Å². The molecule has 2 aromatic carbocycles. The van der Waals surface area contributed by atoms with Gasteiger partial charge in [-0.2, -0.15) is 0 Å². The lowest BCUT2D eigenvalue weighted by atomic mass is 10.1. The van der Waals surface area contributed by atoms with Crippen molar-refractivity contribution in [2.45, 2.75) is 44.4 Å². The van der Waals surface area contributed by atoms with Crippen LogP contribution in [0.4, 0.5) is 0 Å². The SMILES string of the molecule is CCCCc1ccc(S(=O)(=O)NCCc2c[nH]c3ccc(C)cc23)cc1. The Morgan fingerprint density at radius 1 is 1.04 bits per heavy atom. The quantitative estimate of drug-likeness (QED) is 0.619. The molecule has 1 aromatic heterocycles. The van der Waals surface area contributed by atoms with Crippen molar-refractivity contribution in [3.8, 4) is 0 Å². The Morgan fingerprint density at radius 2 is 1.81 bits per heavy atom. The fraction of sp³-hybridized carbons (Fsp3) is 0.333. The Labute approximate surface area is 155 Å². The number of H-pyrrole nitrogens is 1. The molecule has 3 aromatic rings. The number of unbranched alkanes of at least 4 members (excludes halogenated alkanes) is 1. The molecule has 0 spiro atoms. The molecule has 0 aliphatic heterocycles. The first-order valence-electron chi connectivity index (χ1n) is 9.15. The summed E-state index contributed by atoms with van der Waals surface area (Å²) in [5.74, 6) is 0. The molecule has 26 heavy (non-hydrogen) atoms. The molecule has 0 bridgehead atoms. The van der Waals surface area contributed by atoms with Crippen LogP contribution in [0.2, 0.25) is 0 Å². The monoisotopic (exact) mass is 370 g/mol. The first-order valence-corrected chi connectivity index (χ1v) is 10.6. The summed E-state index contributed by atoms with van der Waals surface area (Å²) in [6.45, 7) is 4.59. The number of hydrogen-bond donors (Lipinski definition) is 2. The highest BCUT2D eigenvalue weighted by Gasteiger charge is 2.13. The molecule has 3 rings (SSSR count). The van der Waals surface area contributed by atoms with Gasteiger partial charge >= 0.3 is 0 Å². The molecule has 1 heterocycles. The zero-order valence-corrected chi connectivity index (χ0v) is 16.2. The number of nitrogens with one attached hydrogen (secondary N) is 2. The van der Waals surface area contributed by atoms with Crippen LogP contribution in [-0.4, -0.2) is 19.9 Å². The minimum absolute atomic E-state index is 0.326. The van der Waals surface area contributed by atoms with Gasteiger partial charge in [-0.3, -0.25) is 0 Å². The normalized spacial score (nSPS) is 11.9. The predicted octanol–water partition coefficient (Wildman–Crippen LogP) is 4.34. The fourth-order valence-corrected chi connectivity index (χ4v) is 4.15. The van der Waals surface area contributed by atoms with Crippen LogP contribution in [0, 0.1) is 6.92 Å². The minimum Gasteiger partial charge on any atom is -0.361 e. The molecule has 0 saturated heterocycles. The zero-order chi connectivity index (χ0) is 18.6. The number of fused-ring (bicyclic) bond motifs is 1.